The third-order valence-corrected chi connectivity index (χ3v) is 17.4. The molecule has 0 unspecified atom stereocenters. The molecule has 4 heteroatoms. The van der Waals surface area contributed by atoms with Crippen molar-refractivity contribution in [3.63, 3.8) is 0 Å². The average Bonchev–Trinajstić information content (AvgIpc) is 3.54. The van der Waals surface area contributed by atoms with Crippen molar-refractivity contribution >= 4 is 110 Å². The number of nitrogens with zero attached hydrogens (tertiary/aromatic N) is 2. The molecule has 0 atom stereocenters. The van der Waals surface area contributed by atoms with Crippen LogP contribution in [-0.2, 0) is 5.41 Å². The lowest BCUT2D eigenvalue weighted by molar-refractivity contribution is 0.665. The molecular formula is C75H48N2O2. The fourth-order valence-corrected chi connectivity index (χ4v) is 14.2. The fraction of sp³-hybridized carbons (Fsp3) is 0.0400. The molecule has 0 aliphatic heterocycles. The number of rotatable bonds is 6. The van der Waals surface area contributed by atoms with Gasteiger partial charge < -0.3 is 18.6 Å². The third kappa shape index (κ3) is 5.92. The Morgan fingerprint density at radius 3 is 1.33 bits per heavy atom. The quantitative estimate of drug-likeness (QED) is 0.155. The van der Waals surface area contributed by atoms with Gasteiger partial charge in [-0.05, 0) is 151 Å². The van der Waals surface area contributed by atoms with Crippen molar-refractivity contribution in [2.45, 2.75) is 19.3 Å². The van der Waals surface area contributed by atoms with Gasteiger partial charge in [-0.15, -0.1) is 0 Å². The minimum Gasteiger partial charge on any atom is -0.454 e. The van der Waals surface area contributed by atoms with Crippen LogP contribution in [0, 0.1) is 13.8 Å². The molecule has 2 aliphatic rings. The van der Waals surface area contributed by atoms with E-state index in [0.29, 0.717) is 0 Å². The smallest absolute Gasteiger partial charge is 0.159 e. The standard InChI is InChI=1S/C75H48N2O2/c1-45-21-17-33-57-59-35-19-39-65(73(59)78-71(45)57)76(47-23-5-3-6-24-47)49-41-42-56-61(43-49)50-27-9-11-31-54(50)69-68-55-32-12-10-30-53(55)67(44-64(68)75(70(56)69)62-37-15-13-28-51(62)52-29-14-16-38-63(52)75)77(48-25-7-4-8-26-48)66-40-20-36-60-58-34-18-22-46(2)72(58)79-74(60)66/h3-44H,1-2H3. The summed E-state index contributed by atoms with van der Waals surface area (Å²) in [5, 5.41) is 11.6. The Morgan fingerprint density at radius 1 is 0.278 bits per heavy atom. The summed E-state index contributed by atoms with van der Waals surface area (Å²) in [6.45, 7) is 4.27. The van der Waals surface area contributed by atoms with E-state index in [-0.39, 0.29) is 0 Å². The van der Waals surface area contributed by atoms with E-state index in [1.54, 1.807) is 0 Å². The maximum atomic E-state index is 7.05. The van der Waals surface area contributed by atoms with Gasteiger partial charge in [0, 0.05) is 44.0 Å². The van der Waals surface area contributed by atoms with Gasteiger partial charge in [0.15, 0.2) is 11.2 Å². The van der Waals surface area contributed by atoms with Crippen LogP contribution in [-0.4, -0.2) is 0 Å². The van der Waals surface area contributed by atoms with Gasteiger partial charge in [-0.1, -0.05) is 200 Å². The number of furan rings is 2. The van der Waals surface area contributed by atoms with Gasteiger partial charge >= 0.3 is 0 Å². The first-order valence-electron chi connectivity index (χ1n) is 27.3. The van der Waals surface area contributed by atoms with Crippen molar-refractivity contribution in [1.29, 1.82) is 0 Å². The lowest BCUT2D eigenvalue weighted by atomic mass is 9.69. The van der Waals surface area contributed by atoms with Crippen LogP contribution >= 0.6 is 0 Å². The molecule has 17 rings (SSSR count). The highest BCUT2D eigenvalue weighted by Gasteiger charge is 2.54. The molecule has 370 valence electrons. The van der Waals surface area contributed by atoms with Crippen LogP contribution < -0.4 is 9.80 Å². The highest BCUT2D eigenvalue weighted by molar-refractivity contribution is 6.25. The number of hydrogen-bond donors (Lipinski definition) is 0. The normalized spacial score (nSPS) is 13.0. The van der Waals surface area contributed by atoms with Gasteiger partial charge in [-0.2, -0.15) is 0 Å². The van der Waals surface area contributed by atoms with Crippen LogP contribution in [0.15, 0.2) is 264 Å². The number of anilines is 6. The molecule has 0 saturated carbocycles. The molecule has 2 aliphatic carbocycles. The second-order valence-corrected chi connectivity index (χ2v) is 21.5. The molecule has 0 bridgehead atoms. The molecule has 13 aromatic carbocycles. The molecule has 0 amide bonds. The Balaban J connectivity index is 1.00. The Hall–Kier alpha value is -10.2. The minimum atomic E-state index is -0.720. The molecular weight excluding hydrogens is 961 g/mol. The summed E-state index contributed by atoms with van der Waals surface area (Å²) in [6.07, 6.45) is 0. The van der Waals surface area contributed by atoms with Crippen LogP contribution in [0.1, 0.15) is 33.4 Å². The molecule has 15 aromatic rings. The molecule has 2 aromatic heterocycles. The Bertz CT molecular complexity index is 5020. The monoisotopic (exact) mass is 1010 g/mol. The van der Waals surface area contributed by atoms with Crippen LogP contribution in [0.4, 0.5) is 34.1 Å². The second-order valence-electron chi connectivity index (χ2n) is 21.5. The number of hydrogen-bond acceptors (Lipinski definition) is 4. The Kier molecular flexibility index (Phi) is 9.15. The summed E-state index contributed by atoms with van der Waals surface area (Å²) in [6, 6.07) is 94.0. The predicted octanol–water partition coefficient (Wildman–Crippen LogP) is 20.8. The largest absolute Gasteiger partial charge is 0.454 e. The van der Waals surface area contributed by atoms with E-state index in [9.17, 15) is 0 Å². The molecule has 0 fully saturated rings. The van der Waals surface area contributed by atoms with Crippen molar-refractivity contribution in [2.24, 2.45) is 0 Å². The molecule has 4 nitrogen and oxygen atoms in total. The summed E-state index contributed by atoms with van der Waals surface area (Å²) in [7, 11) is 0. The summed E-state index contributed by atoms with van der Waals surface area (Å²) >= 11 is 0. The highest BCUT2D eigenvalue weighted by Crippen LogP contribution is 2.67. The van der Waals surface area contributed by atoms with Crippen LogP contribution in [0.25, 0.3) is 98.4 Å². The van der Waals surface area contributed by atoms with Crippen molar-refractivity contribution in [1.82, 2.24) is 0 Å². The summed E-state index contributed by atoms with van der Waals surface area (Å²) in [5.74, 6) is 0. The zero-order valence-corrected chi connectivity index (χ0v) is 43.5. The van der Waals surface area contributed by atoms with E-state index in [1.807, 2.05) is 0 Å². The van der Waals surface area contributed by atoms with Crippen LogP contribution in [0.2, 0.25) is 0 Å². The Labute approximate surface area is 456 Å². The molecule has 2 heterocycles. The first-order valence-corrected chi connectivity index (χ1v) is 27.3. The lowest BCUT2D eigenvalue weighted by Crippen LogP contribution is -2.26. The molecule has 79 heavy (non-hydrogen) atoms. The Morgan fingerprint density at radius 2 is 0.734 bits per heavy atom. The van der Waals surface area contributed by atoms with Gasteiger partial charge in [0.05, 0.1) is 22.5 Å². The third-order valence-electron chi connectivity index (χ3n) is 17.4. The fourth-order valence-electron chi connectivity index (χ4n) is 14.2. The van der Waals surface area contributed by atoms with E-state index in [1.165, 1.54) is 71.4 Å². The zero-order valence-electron chi connectivity index (χ0n) is 43.5. The van der Waals surface area contributed by atoms with E-state index in [0.717, 1.165) is 94.5 Å². The first kappa shape index (κ1) is 44.0. The zero-order chi connectivity index (χ0) is 52.1. The van der Waals surface area contributed by atoms with Crippen molar-refractivity contribution in [3.05, 3.63) is 288 Å². The number of benzene rings is 13. The summed E-state index contributed by atoms with van der Waals surface area (Å²) in [5.41, 5.74) is 21.5. The van der Waals surface area contributed by atoms with Crippen molar-refractivity contribution in [2.75, 3.05) is 9.80 Å². The van der Waals surface area contributed by atoms with Crippen LogP contribution in [0.3, 0.4) is 0 Å². The number of para-hydroxylation sites is 6. The van der Waals surface area contributed by atoms with Crippen molar-refractivity contribution < 1.29 is 8.83 Å². The van der Waals surface area contributed by atoms with Gasteiger partial charge in [-0.3, -0.25) is 0 Å². The van der Waals surface area contributed by atoms with Gasteiger partial charge in [0.1, 0.15) is 11.2 Å². The summed E-state index contributed by atoms with van der Waals surface area (Å²) in [4.78, 5) is 4.84. The van der Waals surface area contributed by atoms with E-state index >= 15 is 0 Å². The van der Waals surface area contributed by atoms with Gasteiger partial charge in [0.25, 0.3) is 0 Å². The van der Waals surface area contributed by atoms with Crippen molar-refractivity contribution in [3.8, 4) is 22.3 Å². The second kappa shape index (κ2) is 16.4. The summed E-state index contributed by atoms with van der Waals surface area (Å²) < 4.78 is 14.0. The van der Waals surface area contributed by atoms with Gasteiger partial charge in [-0.25, -0.2) is 0 Å². The lowest BCUT2D eigenvalue weighted by Gasteiger charge is -2.34. The number of fused-ring (bicyclic) bond motifs is 23. The molecule has 0 saturated heterocycles. The maximum Gasteiger partial charge on any atom is 0.159 e. The maximum absolute atomic E-state index is 7.05. The number of aryl methyl sites for hydroxylation is 2. The minimum absolute atomic E-state index is 0.720. The van der Waals surface area contributed by atoms with E-state index < -0.39 is 5.41 Å². The van der Waals surface area contributed by atoms with Gasteiger partial charge in [0.2, 0.25) is 0 Å². The van der Waals surface area contributed by atoms with E-state index in [4.69, 9.17) is 8.83 Å². The van der Waals surface area contributed by atoms with E-state index in [2.05, 4.69) is 278 Å². The molecule has 0 radical (unpaired) electrons. The van der Waals surface area contributed by atoms with Crippen LogP contribution in [0.5, 0.6) is 0 Å². The molecule has 1 spiro atoms. The molecule has 0 N–H and O–H groups in total. The SMILES string of the molecule is Cc1cccc2c1oc1c(N(c3ccccc3)c3ccc4c5c(c6ccccc6c4c3)-c3c(cc(N(c4ccccc4)c4cccc6c4oc4c(C)cccc46)c4ccccc34)C53c4ccccc4-c4ccccc43)cccc12. The highest BCUT2D eigenvalue weighted by atomic mass is 16.3. The predicted molar refractivity (Wildman–Crippen MR) is 329 cm³/mol. The average molecular weight is 1010 g/mol. The topological polar surface area (TPSA) is 32.8 Å². The first-order chi connectivity index (χ1) is 39.1.